The van der Waals surface area contributed by atoms with Gasteiger partial charge in [0.15, 0.2) is 11.5 Å². The number of primary amides is 1. The van der Waals surface area contributed by atoms with E-state index in [0.717, 1.165) is 5.56 Å². The molecule has 0 aromatic heterocycles. The Kier molecular flexibility index (Phi) is 2.10. The number of amides is 1. The van der Waals surface area contributed by atoms with Gasteiger partial charge in [0.05, 0.1) is 0 Å². The Morgan fingerprint density at radius 2 is 2.29 bits per heavy atom. The second-order valence-electron chi connectivity index (χ2n) is 2.82. The minimum atomic E-state index is -0.485. The maximum atomic E-state index is 10.5. The van der Waals surface area contributed by atoms with E-state index >= 15 is 0 Å². The van der Waals surface area contributed by atoms with Crippen LogP contribution in [0.25, 0.3) is 6.08 Å². The van der Waals surface area contributed by atoms with Crippen molar-refractivity contribution in [2.24, 2.45) is 5.73 Å². The van der Waals surface area contributed by atoms with Crippen LogP contribution in [-0.2, 0) is 4.79 Å². The number of carbonyl (C=O) groups excluding carboxylic acids is 1. The molecule has 0 spiro atoms. The summed E-state index contributed by atoms with van der Waals surface area (Å²) in [5.74, 6) is 0.864. The molecule has 1 aromatic rings. The molecule has 1 aliphatic heterocycles. The van der Waals surface area contributed by atoms with Gasteiger partial charge in [-0.05, 0) is 12.1 Å². The van der Waals surface area contributed by atoms with Crippen LogP contribution in [0, 0.1) is 0 Å². The molecule has 0 fully saturated rings. The highest BCUT2D eigenvalue weighted by molar-refractivity contribution is 5.90. The summed E-state index contributed by atoms with van der Waals surface area (Å²) in [5.41, 5.74) is 5.78. The van der Waals surface area contributed by atoms with Crippen LogP contribution in [0.4, 0.5) is 0 Å². The number of nitrogens with two attached hydrogens (primary N) is 1. The smallest absolute Gasteiger partial charge is 0.241 e. The number of hydrogen-bond donors (Lipinski definition) is 1. The maximum Gasteiger partial charge on any atom is 0.241 e. The Bertz CT molecular complexity index is 398. The Hall–Kier alpha value is -1.97. The molecule has 1 aliphatic rings. The van der Waals surface area contributed by atoms with E-state index < -0.39 is 5.91 Å². The molecule has 4 nitrogen and oxygen atoms in total. The monoisotopic (exact) mass is 191 g/mol. The highest BCUT2D eigenvalue weighted by Gasteiger charge is 2.15. The first-order chi connectivity index (χ1) is 6.77. The average molecular weight is 191 g/mol. The summed E-state index contributed by atoms with van der Waals surface area (Å²) in [6, 6.07) is 5.46. The molecular weight excluding hydrogens is 182 g/mol. The normalized spacial score (nSPS) is 13.4. The van der Waals surface area contributed by atoms with Gasteiger partial charge in [0.2, 0.25) is 12.7 Å². The Morgan fingerprint density at radius 1 is 1.43 bits per heavy atom. The van der Waals surface area contributed by atoms with Crippen molar-refractivity contribution in [2.75, 3.05) is 6.79 Å². The van der Waals surface area contributed by atoms with Gasteiger partial charge in [-0.15, -0.1) is 0 Å². The molecule has 0 bridgehead atoms. The van der Waals surface area contributed by atoms with Gasteiger partial charge in [-0.2, -0.15) is 0 Å². The maximum absolute atomic E-state index is 10.5. The molecular formula is C10H9NO3. The fourth-order valence-corrected chi connectivity index (χ4v) is 1.26. The molecule has 4 heteroatoms. The van der Waals surface area contributed by atoms with E-state index in [-0.39, 0.29) is 6.79 Å². The minimum Gasteiger partial charge on any atom is -0.454 e. The largest absolute Gasteiger partial charge is 0.454 e. The molecule has 1 amide bonds. The molecule has 14 heavy (non-hydrogen) atoms. The number of rotatable bonds is 2. The van der Waals surface area contributed by atoms with E-state index in [1.165, 1.54) is 6.08 Å². The van der Waals surface area contributed by atoms with Gasteiger partial charge in [-0.3, -0.25) is 4.79 Å². The van der Waals surface area contributed by atoms with E-state index in [1.54, 1.807) is 6.08 Å². The van der Waals surface area contributed by atoms with Crippen molar-refractivity contribution >= 4 is 12.0 Å². The lowest BCUT2D eigenvalue weighted by atomic mass is 10.1. The predicted molar refractivity (Wildman–Crippen MR) is 50.8 cm³/mol. The van der Waals surface area contributed by atoms with Gasteiger partial charge in [0.1, 0.15) is 0 Å². The third-order valence-corrected chi connectivity index (χ3v) is 1.85. The van der Waals surface area contributed by atoms with E-state index in [2.05, 4.69) is 0 Å². The van der Waals surface area contributed by atoms with Crippen LogP contribution in [0.2, 0.25) is 0 Å². The lowest BCUT2D eigenvalue weighted by Gasteiger charge is -1.99. The van der Waals surface area contributed by atoms with Crippen molar-refractivity contribution < 1.29 is 14.3 Å². The van der Waals surface area contributed by atoms with Gasteiger partial charge in [-0.25, -0.2) is 0 Å². The summed E-state index contributed by atoms with van der Waals surface area (Å²) >= 11 is 0. The first kappa shape index (κ1) is 8.62. The van der Waals surface area contributed by atoms with E-state index in [1.807, 2.05) is 18.2 Å². The third-order valence-electron chi connectivity index (χ3n) is 1.85. The number of fused-ring (bicyclic) bond motifs is 1. The van der Waals surface area contributed by atoms with Crippen molar-refractivity contribution in [3.05, 3.63) is 29.8 Å². The van der Waals surface area contributed by atoms with Crippen molar-refractivity contribution in [3.8, 4) is 11.5 Å². The number of benzene rings is 1. The summed E-state index contributed by atoms with van der Waals surface area (Å²) < 4.78 is 10.4. The topological polar surface area (TPSA) is 61.6 Å². The first-order valence-electron chi connectivity index (χ1n) is 4.13. The second-order valence-corrected chi connectivity index (χ2v) is 2.82. The third kappa shape index (κ3) is 1.54. The SMILES string of the molecule is NC(=O)C=Cc1cccc2c1OCO2. The second kappa shape index (κ2) is 3.41. The number of hydrogen-bond acceptors (Lipinski definition) is 3. The van der Waals surface area contributed by atoms with E-state index in [0.29, 0.717) is 11.5 Å². The lowest BCUT2D eigenvalue weighted by molar-refractivity contribution is -0.113. The highest BCUT2D eigenvalue weighted by atomic mass is 16.7. The fraction of sp³-hybridized carbons (Fsp3) is 0.100. The number of carbonyl (C=O) groups is 1. The van der Waals surface area contributed by atoms with Gasteiger partial charge in [0.25, 0.3) is 0 Å². The minimum absolute atomic E-state index is 0.219. The zero-order valence-corrected chi connectivity index (χ0v) is 7.40. The molecule has 0 aliphatic carbocycles. The molecule has 2 N–H and O–H groups in total. The summed E-state index contributed by atoms with van der Waals surface area (Å²) in [6.07, 6.45) is 2.90. The van der Waals surface area contributed by atoms with Gasteiger partial charge in [-0.1, -0.05) is 12.1 Å². The zero-order chi connectivity index (χ0) is 9.97. The number of para-hydroxylation sites is 1. The van der Waals surface area contributed by atoms with Crippen LogP contribution in [-0.4, -0.2) is 12.7 Å². The molecule has 1 heterocycles. The van der Waals surface area contributed by atoms with Crippen LogP contribution in [0.5, 0.6) is 11.5 Å². The van der Waals surface area contributed by atoms with E-state index in [4.69, 9.17) is 15.2 Å². The van der Waals surface area contributed by atoms with Gasteiger partial charge < -0.3 is 15.2 Å². The molecule has 1 aromatic carbocycles. The highest BCUT2D eigenvalue weighted by Crippen LogP contribution is 2.35. The molecule has 0 saturated carbocycles. The lowest BCUT2D eigenvalue weighted by Crippen LogP contribution is -2.05. The molecule has 0 radical (unpaired) electrons. The summed E-state index contributed by atoms with van der Waals surface area (Å²) in [4.78, 5) is 10.5. The summed E-state index contributed by atoms with van der Waals surface area (Å²) in [6.45, 7) is 0.219. The predicted octanol–water partition coefficient (Wildman–Crippen LogP) is 0.914. The zero-order valence-electron chi connectivity index (χ0n) is 7.40. The molecule has 0 atom stereocenters. The Morgan fingerprint density at radius 3 is 3.07 bits per heavy atom. The Labute approximate surface area is 80.9 Å². The van der Waals surface area contributed by atoms with Gasteiger partial charge >= 0.3 is 0 Å². The summed E-state index contributed by atoms with van der Waals surface area (Å²) in [5, 5.41) is 0. The fourth-order valence-electron chi connectivity index (χ4n) is 1.26. The van der Waals surface area contributed by atoms with Crippen LogP contribution < -0.4 is 15.2 Å². The van der Waals surface area contributed by atoms with Crippen molar-refractivity contribution in [1.29, 1.82) is 0 Å². The first-order valence-corrected chi connectivity index (χ1v) is 4.13. The van der Waals surface area contributed by atoms with Crippen LogP contribution in [0.1, 0.15) is 5.56 Å². The quantitative estimate of drug-likeness (QED) is 0.707. The average Bonchev–Trinajstić information content (AvgIpc) is 2.62. The van der Waals surface area contributed by atoms with Crippen LogP contribution >= 0.6 is 0 Å². The Balaban J connectivity index is 2.35. The molecule has 0 unspecified atom stereocenters. The van der Waals surface area contributed by atoms with Gasteiger partial charge in [0, 0.05) is 11.6 Å². The van der Waals surface area contributed by atoms with Crippen LogP contribution in [0.3, 0.4) is 0 Å². The van der Waals surface area contributed by atoms with Crippen molar-refractivity contribution in [3.63, 3.8) is 0 Å². The molecule has 0 saturated heterocycles. The van der Waals surface area contributed by atoms with Crippen molar-refractivity contribution in [2.45, 2.75) is 0 Å². The van der Waals surface area contributed by atoms with Crippen LogP contribution in [0.15, 0.2) is 24.3 Å². The summed E-state index contributed by atoms with van der Waals surface area (Å²) in [7, 11) is 0. The number of ether oxygens (including phenoxy) is 2. The molecule has 72 valence electrons. The molecule has 2 rings (SSSR count). The van der Waals surface area contributed by atoms with E-state index in [9.17, 15) is 4.79 Å². The standard InChI is InChI=1S/C10H9NO3/c11-9(12)5-4-7-2-1-3-8-10(7)14-6-13-8/h1-5H,6H2,(H2,11,12). The van der Waals surface area contributed by atoms with Crippen molar-refractivity contribution in [1.82, 2.24) is 0 Å².